The van der Waals surface area contributed by atoms with Gasteiger partial charge in [0.1, 0.15) is 6.54 Å². The summed E-state index contributed by atoms with van der Waals surface area (Å²) in [7, 11) is 0. The van der Waals surface area contributed by atoms with Crippen molar-refractivity contribution >= 4 is 23.5 Å². The van der Waals surface area contributed by atoms with Crippen LogP contribution in [0, 0.1) is 6.92 Å². The van der Waals surface area contributed by atoms with Crippen molar-refractivity contribution in [2.24, 2.45) is 0 Å². The monoisotopic (exact) mass is 372 g/mol. The highest BCUT2D eigenvalue weighted by atomic mass is 19.4. The number of urea groups is 1. The summed E-state index contributed by atoms with van der Waals surface area (Å²) in [6.45, 7) is -0.108. The van der Waals surface area contributed by atoms with E-state index in [-0.39, 0.29) is 18.5 Å². The number of hydrogen-bond acceptors (Lipinski definition) is 4. The number of hydrogen-bond donors (Lipinski definition) is 4. The minimum Gasteiger partial charge on any atom is -0.376 e. The van der Waals surface area contributed by atoms with Crippen LogP contribution in [0.5, 0.6) is 0 Å². The molecule has 1 fully saturated rings. The molecule has 2 rings (SSSR count). The number of nitrogens with one attached hydrogen (secondary N) is 4. The highest BCUT2D eigenvalue weighted by Crippen LogP contribution is 2.21. The summed E-state index contributed by atoms with van der Waals surface area (Å²) in [6.07, 6.45) is -2.64. The van der Waals surface area contributed by atoms with Crippen molar-refractivity contribution in [1.29, 1.82) is 0 Å². The molecule has 142 valence electrons. The van der Waals surface area contributed by atoms with Crippen LogP contribution in [0.2, 0.25) is 0 Å². The quantitative estimate of drug-likeness (QED) is 0.611. The van der Waals surface area contributed by atoms with Crippen molar-refractivity contribution in [3.8, 4) is 0 Å². The summed E-state index contributed by atoms with van der Waals surface area (Å²) in [5, 5.41) is 8.92. The van der Waals surface area contributed by atoms with E-state index in [1.807, 2.05) is 0 Å². The highest BCUT2D eigenvalue weighted by Gasteiger charge is 2.28. The normalized spacial score (nSPS) is 13.7. The van der Waals surface area contributed by atoms with E-state index in [9.17, 15) is 27.6 Å². The Balaban J connectivity index is 1.84. The van der Waals surface area contributed by atoms with Gasteiger partial charge in [0, 0.05) is 17.3 Å². The zero-order valence-corrected chi connectivity index (χ0v) is 14.0. The fourth-order valence-electron chi connectivity index (χ4n) is 2.02. The average molecular weight is 372 g/mol. The first-order valence-electron chi connectivity index (χ1n) is 7.94. The first-order valence-corrected chi connectivity index (χ1v) is 7.94. The Labute approximate surface area is 147 Å². The lowest BCUT2D eigenvalue weighted by Crippen LogP contribution is -2.45. The lowest BCUT2D eigenvalue weighted by atomic mass is 10.1. The Morgan fingerprint density at radius 3 is 2.50 bits per heavy atom. The van der Waals surface area contributed by atoms with E-state index in [1.54, 1.807) is 30.4 Å². The zero-order valence-electron chi connectivity index (χ0n) is 14.0. The Morgan fingerprint density at radius 2 is 1.88 bits per heavy atom. The van der Waals surface area contributed by atoms with Crippen LogP contribution in [0.3, 0.4) is 0 Å². The van der Waals surface area contributed by atoms with Gasteiger partial charge < -0.3 is 16.0 Å². The second-order valence-electron chi connectivity index (χ2n) is 5.98. The van der Waals surface area contributed by atoms with E-state index >= 15 is 0 Å². The number of aryl methyl sites for hydroxylation is 1. The van der Waals surface area contributed by atoms with Crippen molar-refractivity contribution in [1.82, 2.24) is 16.0 Å². The molecule has 0 atom stereocenters. The molecular weight excluding hydrogens is 353 g/mol. The molecule has 10 heteroatoms. The maximum Gasteiger partial charge on any atom is 0.405 e. The van der Waals surface area contributed by atoms with Crippen LogP contribution >= 0.6 is 0 Å². The number of anilines is 1. The lowest BCUT2D eigenvalue weighted by molar-refractivity contribution is -0.124. The largest absolute Gasteiger partial charge is 0.405 e. The Kier molecular flexibility index (Phi) is 6.06. The van der Waals surface area contributed by atoms with Crippen LogP contribution in [-0.4, -0.2) is 43.2 Å². The molecule has 4 amide bonds. The number of amides is 4. The lowest BCUT2D eigenvalue weighted by Gasteiger charge is -2.12. The van der Waals surface area contributed by atoms with E-state index in [0.717, 1.165) is 18.4 Å². The van der Waals surface area contributed by atoms with Crippen molar-refractivity contribution in [2.45, 2.75) is 32.0 Å². The maximum absolute atomic E-state index is 12.0. The molecule has 0 aromatic heterocycles. The molecule has 0 radical (unpaired) electrons. The van der Waals surface area contributed by atoms with Crippen LogP contribution in [0.4, 0.5) is 23.7 Å². The van der Waals surface area contributed by atoms with Gasteiger partial charge in [-0.25, -0.2) is 4.79 Å². The molecule has 4 N–H and O–H groups in total. The number of alkyl halides is 3. The van der Waals surface area contributed by atoms with Gasteiger partial charge in [-0.15, -0.1) is 0 Å². The summed E-state index contributed by atoms with van der Waals surface area (Å²) in [5.74, 6) is -1.02. The fourth-order valence-corrected chi connectivity index (χ4v) is 2.02. The van der Waals surface area contributed by atoms with Crippen molar-refractivity contribution in [3.63, 3.8) is 0 Å². The predicted octanol–water partition coefficient (Wildman–Crippen LogP) is 1.69. The van der Waals surface area contributed by atoms with Gasteiger partial charge in [-0.3, -0.25) is 14.9 Å². The summed E-state index contributed by atoms with van der Waals surface area (Å²) >= 11 is 0. The smallest absolute Gasteiger partial charge is 0.376 e. The minimum atomic E-state index is -4.56. The van der Waals surface area contributed by atoms with Gasteiger partial charge in [0.25, 0.3) is 5.91 Å². The van der Waals surface area contributed by atoms with Crippen LogP contribution < -0.4 is 21.3 Å². The SMILES string of the molecule is Cc1ccc(C(=O)NC2CC2)cc1NCC(=O)NC(=O)NCC(F)(F)F. The zero-order chi connectivity index (χ0) is 19.3. The number of carbonyl (C=O) groups is 3. The average Bonchev–Trinajstić information content (AvgIpc) is 3.35. The fraction of sp³-hybridized carbons (Fsp3) is 0.438. The molecule has 0 aliphatic heterocycles. The van der Waals surface area contributed by atoms with Crippen LogP contribution in [0.15, 0.2) is 18.2 Å². The standard InChI is InChI=1S/C16H19F3N4O3/c1-9-2-3-10(14(25)22-11-4-5-11)6-12(9)20-7-13(24)23-15(26)21-8-16(17,18)19/h2-3,6,11,20H,4-5,7-8H2,1H3,(H,22,25)(H2,21,23,24,26). The number of benzene rings is 1. The molecule has 1 aromatic rings. The Morgan fingerprint density at radius 1 is 1.19 bits per heavy atom. The van der Waals surface area contributed by atoms with Crippen molar-refractivity contribution in [2.75, 3.05) is 18.4 Å². The topological polar surface area (TPSA) is 99.3 Å². The first-order chi connectivity index (χ1) is 12.1. The van der Waals surface area contributed by atoms with Crippen LogP contribution in [0.1, 0.15) is 28.8 Å². The Hall–Kier alpha value is -2.78. The van der Waals surface area contributed by atoms with E-state index in [1.165, 1.54) is 5.32 Å². The van der Waals surface area contributed by atoms with Gasteiger partial charge >= 0.3 is 12.2 Å². The minimum absolute atomic E-state index is 0.209. The molecule has 0 bridgehead atoms. The maximum atomic E-state index is 12.0. The third-order valence-corrected chi connectivity index (χ3v) is 3.55. The first kappa shape index (κ1) is 19.5. The molecular formula is C16H19F3N4O3. The molecule has 1 saturated carbocycles. The molecule has 0 unspecified atom stereocenters. The van der Waals surface area contributed by atoms with Gasteiger partial charge in [-0.05, 0) is 37.5 Å². The summed E-state index contributed by atoms with van der Waals surface area (Å²) < 4.78 is 35.9. The second-order valence-corrected chi connectivity index (χ2v) is 5.98. The van der Waals surface area contributed by atoms with Gasteiger partial charge in [-0.2, -0.15) is 13.2 Å². The molecule has 7 nitrogen and oxygen atoms in total. The van der Waals surface area contributed by atoms with Crippen LogP contribution in [-0.2, 0) is 4.79 Å². The Bertz CT molecular complexity index is 702. The molecule has 0 saturated heterocycles. The van der Waals surface area contributed by atoms with Gasteiger partial charge in [0.2, 0.25) is 5.91 Å². The summed E-state index contributed by atoms with van der Waals surface area (Å²) in [4.78, 5) is 34.9. The third kappa shape index (κ3) is 6.61. The van der Waals surface area contributed by atoms with E-state index in [4.69, 9.17) is 0 Å². The van der Waals surface area contributed by atoms with E-state index in [0.29, 0.717) is 11.3 Å². The van der Waals surface area contributed by atoms with Crippen molar-refractivity contribution in [3.05, 3.63) is 29.3 Å². The van der Waals surface area contributed by atoms with Crippen molar-refractivity contribution < 1.29 is 27.6 Å². The molecule has 0 heterocycles. The molecule has 1 aliphatic rings. The summed E-state index contributed by atoms with van der Waals surface area (Å²) in [6, 6.07) is 3.91. The number of imide groups is 1. The highest BCUT2D eigenvalue weighted by molar-refractivity contribution is 5.97. The van der Waals surface area contributed by atoms with Gasteiger partial charge in [-0.1, -0.05) is 6.07 Å². The van der Waals surface area contributed by atoms with E-state index in [2.05, 4.69) is 10.6 Å². The van der Waals surface area contributed by atoms with Gasteiger partial charge in [0.15, 0.2) is 0 Å². The molecule has 1 aliphatic carbocycles. The summed E-state index contributed by atoms with van der Waals surface area (Å²) in [5.41, 5.74) is 1.70. The molecule has 0 spiro atoms. The third-order valence-electron chi connectivity index (χ3n) is 3.55. The number of carbonyl (C=O) groups excluding carboxylic acids is 3. The van der Waals surface area contributed by atoms with E-state index < -0.39 is 24.7 Å². The number of halogens is 3. The predicted molar refractivity (Wildman–Crippen MR) is 87.8 cm³/mol. The molecule has 26 heavy (non-hydrogen) atoms. The number of rotatable bonds is 6. The molecule has 1 aromatic carbocycles. The van der Waals surface area contributed by atoms with Crippen LogP contribution in [0.25, 0.3) is 0 Å². The van der Waals surface area contributed by atoms with Gasteiger partial charge in [0.05, 0.1) is 6.54 Å². The second kappa shape index (κ2) is 8.07.